The quantitative estimate of drug-likeness (QED) is 0.784. The normalized spacial score (nSPS) is 10.7. The molecule has 6 nitrogen and oxygen atoms in total. The highest BCUT2D eigenvalue weighted by Crippen LogP contribution is 2.21. The van der Waals surface area contributed by atoms with Crippen LogP contribution in [0.15, 0.2) is 44.9 Å². The molecule has 0 unspecified atom stereocenters. The Kier molecular flexibility index (Phi) is 4.31. The molecule has 3 rings (SSSR count). The van der Waals surface area contributed by atoms with E-state index in [1.54, 1.807) is 24.3 Å². The molecule has 2 aromatic heterocycles. The molecule has 0 spiro atoms. The average molecular weight is 350 g/mol. The van der Waals surface area contributed by atoms with Crippen LogP contribution in [-0.4, -0.2) is 15.7 Å². The molecule has 8 heteroatoms. The molecular weight excluding hydrogens is 338 g/mol. The smallest absolute Gasteiger partial charge is 0.387 e. The van der Waals surface area contributed by atoms with Crippen molar-refractivity contribution in [1.29, 1.82) is 0 Å². The number of aromatic nitrogens is 2. The van der Waals surface area contributed by atoms with E-state index in [0.717, 1.165) is 15.1 Å². The number of aryl methyl sites for hydroxylation is 1. The van der Waals surface area contributed by atoms with Gasteiger partial charge in [-0.15, -0.1) is 16.4 Å². The molecule has 0 fully saturated rings. The molecule has 3 aromatic rings. The minimum Gasteiger partial charge on any atom is -0.387 e. The van der Waals surface area contributed by atoms with Crippen molar-refractivity contribution in [3.05, 3.63) is 56.8 Å². The summed E-state index contributed by atoms with van der Waals surface area (Å²) in [5.74, 6) is -0.855. The van der Waals surface area contributed by atoms with Crippen LogP contribution in [0, 0.1) is 6.92 Å². The highest BCUT2D eigenvalue weighted by molar-refractivity contribution is 7.13. The molecule has 1 aromatic carbocycles. The van der Waals surface area contributed by atoms with Gasteiger partial charge >= 0.3 is 5.76 Å². The van der Waals surface area contributed by atoms with Gasteiger partial charge in [0.15, 0.2) is 0 Å². The summed E-state index contributed by atoms with van der Waals surface area (Å²) in [6.07, 6.45) is 0. The van der Waals surface area contributed by atoms with Crippen LogP contribution in [-0.2, 0) is 11.3 Å². The number of hydrogen-bond donors (Lipinski definition) is 1. The number of anilines is 1. The Balaban J connectivity index is 1.76. The molecule has 1 N–H and O–H groups in total. The molecule has 0 aliphatic carbocycles. The van der Waals surface area contributed by atoms with Crippen molar-refractivity contribution >= 4 is 34.5 Å². The number of carbonyl (C=O) groups is 1. The fourth-order valence-corrected chi connectivity index (χ4v) is 2.78. The number of hydrogen-bond acceptors (Lipinski definition) is 5. The monoisotopic (exact) mass is 349 g/mol. The van der Waals surface area contributed by atoms with Crippen molar-refractivity contribution in [1.82, 2.24) is 9.78 Å². The summed E-state index contributed by atoms with van der Waals surface area (Å²) in [6, 6.07) is 8.80. The van der Waals surface area contributed by atoms with Crippen molar-refractivity contribution in [3.8, 4) is 10.8 Å². The van der Waals surface area contributed by atoms with E-state index in [9.17, 15) is 9.59 Å². The topological polar surface area (TPSA) is 77.1 Å². The molecule has 0 bridgehead atoms. The summed E-state index contributed by atoms with van der Waals surface area (Å²) in [6.45, 7) is 1.61. The summed E-state index contributed by atoms with van der Waals surface area (Å²) in [5.41, 5.74) is 1.46. The van der Waals surface area contributed by atoms with Gasteiger partial charge in [-0.1, -0.05) is 23.7 Å². The summed E-state index contributed by atoms with van der Waals surface area (Å²) >= 11 is 7.31. The number of halogens is 1. The van der Waals surface area contributed by atoms with E-state index in [0.29, 0.717) is 10.7 Å². The second-order valence-corrected chi connectivity index (χ2v) is 6.20. The van der Waals surface area contributed by atoms with Crippen LogP contribution in [0.4, 0.5) is 5.69 Å². The number of amides is 1. The van der Waals surface area contributed by atoms with E-state index >= 15 is 0 Å². The Bertz CT molecular complexity index is 899. The van der Waals surface area contributed by atoms with Crippen molar-refractivity contribution in [2.75, 3.05) is 5.32 Å². The summed E-state index contributed by atoms with van der Waals surface area (Å²) < 4.78 is 6.05. The Hall–Kier alpha value is -2.38. The largest absolute Gasteiger partial charge is 0.437 e. The molecule has 2 heterocycles. The first-order chi connectivity index (χ1) is 11.0. The fraction of sp³-hybridized carbons (Fsp3) is 0.133. The van der Waals surface area contributed by atoms with Crippen LogP contribution >= 0.6 is 22.9 Å². The lowest BCUT2D eigenvalue weighted by atomic mass is 10.2. The number of nitrogens with one attached hydrogen (secondary N) is 1. The van der Waals surface area contributed by atoms with Gasteiger partial charge in [-0.05, 0) is 36.1 Å². The third-order valence-electron chi connectivity index (χ3n) is 3.11. The van der Waals surface area contributed by atoms with E-state index < -0.39 is 5.76 Å². The minimum absolute atomic E-state index is 0.205. The van der Waals surface area contributed by atoms with Gasteiger partial charge in [0.1, 0.15) is 6.54 Å². The van der Waals surface area contributed by atoms with Gasteiger partial charge in [0.25, 0.3) is 5.89 Å². The molecule has 0 aliphatic heterocycles. The average Bonchev–Trinajstić information content (AvgIpc) is 3.13. The zero-order chi connectivity index (χ0) is 16.4. The molecule has 118 valence electrons. The van der Waals surface area contributed by atoms with Crippen LogP contribution in [0.2, 0.25) is 5.02 Å². The van der Waals surface area contributed by atoms with Crippen LogP contribution in [0.3, 0.4) is 0 Å². The molecule has 0 saturated heterocycles. The van der Waals surface area contributed by atoms with E-state index in [-0.39, 0.29) is 18.3 Å². The van der Waals surface area contributed by atoms with Gasteiger partial charge in [-0.25, -0.2) is 4.79 Å². The second kappa shape index (κ2) is 6.39. The van der Waals surface area contributed by atoms with Crippen LogP contribution in [0.1, 0.15) is 5.56 Å². The number of rotatable bonds is 4. The lowest BCUT2D eigenvalue weighted by Gasteiger charge is -2.08. The van der Waals surface area contributed by atoms with E-state index in [1.165, 1.54) is 11.3 Å². The van der Waals surface area contributed by atoms with Crippen molar-refractivity contribution in [3.63, 3.8) is 0 Å². The maximum absolute atomic E-state index is 12.1. The minimum atomic E-state index is -0.675. The second-order valence-electron chi connectivity index (χ2n) is 4.82. The fourth-order valence-electron chi connectivity index (χ4n) is 1.96. The van der Waals surface area contributed by atoms with Crippen LogP contribution in [0.25, 0.3) is 10.8 Å². The number of carbonyl (C=O) groups excluding carboxylic acids is 1. The van der Waals surface area contributed by atoms with Crippen molar-refractivity contribution < 1.29 is 9.21 Å². The number of thiophene rings is 1. The third-order valence-corrected chi connectivity index (χ3v) is 4.20. The standard InChI is InChI=1S/C15H12ClN3O3S/c1-9-4-5-10(16)7-11(9)17-13(20)8-19-15(21)22-14(18-19)12-3-2-6-23-12/h2-7H,8H2,1H3,(H,17,20). The van der Waals surface area contributed by atoms with Gasteiger partial charge in [0, 0.05) is 10.7 Å². The first kappa shape index (κ1) is 15.5. The summed E-state index contributed by atoms with van der Waals surface area (Å²) in [7, 11) is 0. The van der Waals surface area contributed by atoms with Gasteiger partial charge in [-0.3, -0.25) is 4.79 Å². The van der Waals surface area contributed by atoms with Crippen LogP contribution < -0.4 is 11.1 Å². The Labute approximate surface area is 140 Å². The molecule has 0 aliphatic rings. The molecule has 23 heavy (non-hydrogen) atoms. The van der Waals surface area contributed by atoms with Gasteiger partial charge in [-0.2, -0.15) is 4.68 Å². The Morgan fingerprint density at radius 3 is 3.00 bits per heavy atom. The lowest BCUT2D eigenvalue weighted by Crippen LogP contribution is -2.26. The van der Waals surface area contributed by atoms with Gasteiger partial charge < -0.3 is 9.73 Å². The summed E-state index contributed by atoms with van der Waals surface area (Å²) in [4.78, 5) is 24.6. The maximum Gasteiger partial charge on any atom is 0.437 e. The van der Waals surface area contributed by atoms with Gasteiger partial charge in [0.05, 0.1) is 4.88 Å². The first-order valence-electron chi connectivity index (χ1n) is 6.71. The maximum atomic E-state index is 12.1. The predicted molar refractivity (Wildman–Crippen MR) is 88.9 cm³/mol. The predicted octanol–water partition coefficient (Wildman–Crippen LogP) is 3.17. The highest BCUT2D eigenvalue weighted by atomic mass is 35.5. The van der Waals surface area contributed by atoms with Crippen molar-refractivity contribution in [2.24, 2.45) is 0 Å². The molecular formula is C15H12ClN3O3S. The third kappa shape index (κ3) is 3.52. The highest BCUT2D eigenvalue weighted by Gasteiger charge is 2.14. The van der Waals surface area contributed by atoms with Gasteiger partial charge in [0.2, 0.25) is 5.91 Å². The first-order valence-corrected chi connectivity index (χ1v) is 7.96. The Morgan fingerprint density at radius 2 is 2.26 bits per heavy atom. The zero-order valence-electron chi connectivity index (χ0n) is 12.1. The van der Waals surface area contributed by atoms with E-state index in [2.05, 4.69) is 10.4 Å². The van der Waals surface area contributed by atoms with E-state index in [1.807, 2.05) is 18.4 Å². The lowest BCUT2D eigenvalue weighted by molar-refractivity contribution is -0.117. The van der Waals surface area contributed by atoms with Crippen molar-refractivity contribution in [2.45, 2.75) is 13.5 Å². The Morgan fingerprint density at radius 1 is 1.43 bits per heavy atom. The number of benzene rings is 1. The van der Waals surface area contributed by atoms with Crippen LogP contribution in [0.5, 0.6) is 0 Å². The molecule has 1 amide bonds. The summed E-state index contributed by atoms with van der Waals surface area (Å²) in [5, 5.41) is 9.11. The number of nitrogens with zero attached hydrogens (tertiary/aromatic N) is 2. The SMILES string of the molecule is Cc1ccc(Cl)cc1NC(=O)Cn1nc(-c2cccs2)oc1=O. The zero-order valence-corrected chi connectivity index (χ0v) is 13.6. The molecule has 0 atom stereocenters. The molecule has 0 saturated carbocycles. The molecule has 0 radical (unpaired) electrons. The van der Waals surface area contributed by atoms with E-state index in [4.69, 9.17) is 16.0 Å².